The van der Waals surface area contributed by atoms with Gasteiger partial charge in [-0.1, -0.05) is 6.07 Å². The van der Waals surface area contributed by atoms with Gasteiger partial charge >= 0.3 is 6.09 Å². The molecule has 2 rings (SSSR count). The molecule has 1 atom stereocenters. The summed E-state index contributed by atoms with van der Waals surface area (Å²) < 4.78 is 30.1. The van der Waals surface area contributed by atoms with Gasteiger partial charge in [0.05, 0.1) is 16.3 Å². The largest absolute Gasteiger partial charge is 0.442 e. The molecular formula is C19H29N3O5S. The molecule has 0 radical (unpaired) electrons. The Bertz CT molecular complexity index is 844. The summed E-state index contributed by atoms with van der Waals surface area (Å²) in [6.45, 7) is 6.73. The zero-order valence-electron chi connectivity index (χ0n) is 17.2. The monoisotopic (exact) mass is 411 g/mol. The van der Waals surface area contributed by atoms with Gasteiger partial charge in [-0.05, 0) is 52.7 Å². The van der Waals surface area contributed by atoms with Crippen molar-refractivity contribution in [1.29, 1.82) is 0 Å². The van der Waals surface area contributed by atoms with Gasteiger partial charge in [0.25, 0.3) is 0 Å². The maximum absolute atomic E-state index is 12.6. The van der Waals surface area contributed by atoms with Crippen molar-refractivity contribution in [3.8, 4) is 0 Å². The maximum Gasteiger partial charge on any atom is 0.429 e. The second-order valence-corrected chi connectivity index (χ2v) is 10.1. The predicted molar refractivity (Wildman–Crippen MR) is 108 cm³/mol. The van der Waals surface area contributed by atoms with Crippen molar-refractivity contribution in [2.24, 2.45) is 0 Å². The van der Waals surface area contributed by atoms with Crippen LogP contribution in [0.15, 0.2) is 23.1 Å². The molecule has 1 unspecified atom stereocenters. The summed E-state index contributed by atoms with van der Waals surface area (Å²) in [5.41, 5.74) is 3.06. The molecule has 1 saturated carbocycles. The number of para-hydroxylation sites is 1. The van der Waals surface area contributed by atoms with Crippen LogP contribution in [0, 0.1) is 0 Å². The van der Waals surface area contributed by atoms with Crippen LogP contribution in [0.3, 0.4) is 0 Å². The van der Waals surface area contributed by atoms with Crippen LogP contribution < -0.4 is 10.3 Å². The normalized spacial score (nSPS) is 15.5. The Morgan fingerprint density at radius 1 is 1.32 bits per heavy atom. The van der Waals surface area contributed by atoms with Gasteiger partial charge in [0.15, 0.2) is 9.84 Å². The second kappa shape index (κ2) is 7.98. The lowest BCUT2D eigenvalue weighted by Gasteiger charge is -2.32. The zero-order valence-corrected chi connectivity index (χ0v) is 18.0. The molecule has 156 valence electrons. The first-order valence-electron chi connectivity index (χ1n) is 9.15. The molecule has 8 nitrogen and oxygen atoms in total. The van der Waals surface area contributed by atoms with E-state index in [0.29, 0.717) is 17.7 Å². The van der Waals surface area contributed by atoms with Crippen molar-refractivity contribution >= 4 is 33.6 Å². The lowest BCUT2D eigenvalue weighted by atomic mass is 10.2. The number of carbonyl (C=O) groups excluding carboxylic acids is 2. The van der Waals surface area contributed by atoms with Crippen LogP contribution in [0.25, 0.3) is 0 Å². The van der Waals surface area contributed by atoms with Crippen molar-refractivity contribution in [2.45, 2.75) is 63.1 Å². The van der Waals surface area contributed by atoms with E-state index in [1.807, 2.05) is 11.9 Å². The molecule has 1 amide bonds. The quantitative estimate of drug-likeness (QED) is 0.544. The summed E-state index contributed by atoms with van der Waals surface area (Å²) in [7, 11) is -1.68. The van der Waals surface area contributed by atoms with Crippen LogP contribution >= 0.6 is 0 Å². The SMILES string of the molecule is CC(C=O)N(Nc1cccc(S(C)(=O)=O)c1N(C)C1CC1)C(=O)OC(C)(C)C. The fourth-order valence-corrected chi connectivity index (χ4v) is 3.67. The number of hydrogen-bond acceptors (Lipinski definition) is 7. The van der Waals surface area contributed by atoms with Crippen LogP contribution in [0.4, 0.5) is 16.2 Å². The van der Waals surface area contributed by atoms with Gasteiger partial charge in [-0.25, -0.2) is 18.2 Å². The zero-order chi connectivity index (χ0) is 21.3. The highest BCUT2D eigenvalue weighted by Gasteiger charge is 2.33. The number of hydrazine groups is 1. The molecular weight excluding hydrogens is 382 g/mol. The van der Waals surface area contributed by atoms with Gasteiger partial charge in [0.2, 0.25) is 0 Å². The molecule has 0 saturated heterocycles. The molecule has 0 bridgehead atoms. The van der Waals surface area contributed by atoms with E-state index in [1.54, 1.807) is 39.8 Å². The second-order valence-electron chi connectivity index (χ2n) is 8.11. The molecule has 1 aromatic rings. The highest BCUT2D eigenvalue weighted by Crippen LogP contribution is 2.39. The third-order valence-electron chi connectivity index (χ3n) is 4.28. The third kappa shape index (κ3) is 5.37. The van der Waals surface area contributed by atoms with Gasteiger partial charge in [0.1, 0.15) is 17.9 Å². The van der Waals surface area contributed by atoms with Crippen molar-refractivity contribution in [2.75, 3.05) is 23.6 Å². The first-order chi connectivity index (χ1) is 12.8. The van der Waals surface area contributed by atoms with Crippen LogP contribution in [0.5, 0.6) is 0 Å². The molecule has 0 aliphatic heterocycles. The smallest absolute Gasteiger partial charge is 0.429 e. The highest BCUT2D eigenvalue weighted by molar-refractivity contribution is 7.90. The van der Waals surface area contributed by atoms with Crippen LogP contribution in [-0.2, 0) is 19.4 Å². The summed E-state index contributed by atoms with van der Waals surface area (Å²) in [5, 5.41) is 1.07. The molecule has 28 heavy (non-hydrogen) atoms. The number of sulfone groups is 1. The van der Waals surface area contributed by atoms with Crippen LogP contribution in [0.2, 0.25) is 0 Å². The minimum Gasteiger partial charge on any atom is -0.442 e. The number of carbonyl (C=O) groups is 2. The van der Waals surface area contributed by atoms with Gasteiger partial charge in [0, 0.05) is 19.3 Å². The number of rotatable bonds is 7. The Morgan fingerprint density at radius 3 is 2.39 bits per heavy atom. The van der Waals surface area contributed by atoms with Crippen molar-refractivity contribution < 1.29 is 22.7 Å². The molecule has 0 spiro atoms. The number of ether oxygens (including phenoxy) is 1. The maximum atomic E-state index is 12.6. The van der Waals surface area contributed by atoms with E-state index in [4.69, 9.17) is 4.74 Å². The number of nitrogens with one attached hydrogen (secondary N) is 1. The number of nitrogens with zero attached hydrogens (tertiary/aromatic N) is 2. The first-order valence-corrected chi connectivity index (χ1v) is 11.0. The number of aldehydes is 1. The van der Waals surface area contributed by atoms with Crippen molar-refractivity contribution in [1.82, 2.24) is 5.01 Å². The van der Waals surface area contributed by atoms with Crippen LogP contribution in [-0.4, -0.2) is 56.8 Å². The van der Waals surface area contributed by atoms with Gasteiger partial charge in [-0.3, -0.25) is 5.43 Å². The molecule has 1 fully saturated rings. The Hall–Kier alpha value is -2.29. The number of hydrogen-bond donors (Lipinski definition) is 1. The van der Waals surface area contributed by atoms with E-state index >= 15 is 0 Å². The Kier molecular flexibility index (Phi) is 6.27. The van der Waals surface area contributed by atoms with E-state index in [-0.39, 0.29) is 10.9 Å². The highest BCUT2D eigenvalue weighted by atomic mass is 32.2. The summed E-state index contributed by atoms with van der Waals surface area (Å²) in [4.78, 5) is 26.1. The van der Waals surface area contributed by atoms with E-state index < -0.39 is 27.6 Å². The van der Waals surface area contributed by atoms with Gasteiger partial charge < -0.3 is 14.4 Å². The third-order valence-corrected chi connectivity index (χ3v) is 5.41. The molecule has 1 aliphatic rings. The average Bonchev–Trinajstić information content (AvgIpc) is 3.40. The molecule has 1 aromatic carbocycles. The first kappa shape index (κ1) is 22.0. The van der Waals surface area contributed by atoms with Crippen molar-refractivity contribution in [3.63, 3.8) is 0 Å². The fourth-order valence-electron chi connectivity index (χ4n) is 2.74. The molecule has 0 heterocycles. The summed E-state index contributed by atoms with van der Waals surface area (Å²) in [5.74, 6) is 0. The molecule has 0 aromatic heterocycles. The molecule has 1 aliphatic carbocycles. The van der Waals surface area contributed by atoms with Crippen LogP contribution in [0.1, 0.15) is 40.5 Å². The molecule has 1 N–H and O–H groups in total. The van der Waals surface area contributed by atoms with E-state index in [1.165, 1.54) is 6.07 Å². The van der Waals surface area contributed by atoms with E-state index in [0.717, 1.165) is 24.1 Å². The van der Waals surface area contributed by atoms with Crippen molar-refractivity contribution in [3.05, 3.63) is 18.2 Å². The number of benzene rings is 1. The standard InChI is InChI=1S/C19H29N3O5S/c1-13(12-23)22(18(24)27-19(2,3)4)20-15-8-7-9-16(28(6,25)26)17(15)21(5)14-10-11-14/h7-9,12-14,20H,10-11H2,1-6H3. The Labute approximate surface area is 166 Å². The average molecular weight is 412 g/mol. The summed E-state index contributed by atoms with van der Waals surface area (Å²) >= 11 is 0. The number of anilines is 2. The lowest BCUT2D eigenvalue weighted by molar-refractivity contribution is -0.111. The summed E-state index contributed by atoms with van der Waals surface area (Å²) in [6.07, 6.45) is 2.97. The Balaban J connectivity index is 2.49. The minimum atomic E-state index is -3.50. The van der Waals surface area contributed by atoms with E-state index in [9.17, 15) is 18.0 Å². The van der Waals surface area contributed by atoms with Gasteiger partial charge in [-0.2, -0.15) is 0 Å². The lowest BCUT2D eigenvalue weighted by Crippen LogP contribution is -2.46. The topological polar surface area (TPSA) is 96.0 Å². The summed E-state index contributed by atoms with van der Waals surface area (Å²) in [6, 6.07) is 4.23. The van der Waals surface area contributed by atoms with Gasteiger partial charge in [-0.15, -0.1) is 0 Å². The Morgan fingerprint density at radius 2 is 1.93 bits per heavy atom. The predicted octanol–water partition coefficient (Wildman–Crippen LogP) is 2.84. The molecule has 9 heteroatoms. The number of amides is 1. The fraction of sp³-hybridized carbons (Fsp3) is 0.579. The minimum absolute atomic E-state index is 0.162. The van der Waals surface area contributed by atoms with E-state index in [2.05, 4.69) is 5.43 Å².